The van der Waals surface area contributed by atoms with Gasteiger partial charge in [-0.25, -0.2) is 0 Å². The summed E-state index contributed by atoms with van der Waals surface area (Å²) in [4.78, 5) is 0. The number of aromatic nitrogens is 2. The molecule has 0 radical (unpaired) electrons. The van der Waals surface area contributed by atoms with Crippen LogP contribution in [-0.4, -0.2) is 23.2 Å². The molecule has 144 valence electrons. The van der Waals surface area contributed by atoms with Crippen LogP contribution in [0.5, 0.6) is 0 Å². The third-order valence-corrected chi connectivity index (χ3v) is 4.61. The van der Waals surface area contributed by atoms with Crippen LogP contribution < -0.4 is 0 Å². The minimum absolute atomic E-state index is 0.0546. The Bertz CT molecular complexity index is 863. The molecular formula is C22H29N3O2. The number of aryl methyl sites for hydroxylation is 2. The number of hydrogen-bond donors (Lipinski definition) is 0. The Morgan fingerprint density at radius 2 is 1.81 bits per heavy atom. The highest BCUT2D eigenvalue weighted by atomic mass is 16.7. The lowest BCUT2D eigenvalue weighted by Gasteiger charge is -2.19. The zero-order chi connectivity index (χ0) is 20.2. The van der Waals surface area contributed by atoms with Gasteiger partial charge in [-0.2, -0.15) is 10.4 Å². The molecule has 0 aliphatic rings. The van der Waals surface area contributed by atoms with E-state index in [0.717, 1.165) is 22.5 Å². The highest BCUT2D eigenvalue weighted by molar-refractivity contribution is 5.94. The van der Waals surface area contributed by atoms with Crippen molar-refractivity contribution < 1.29 is 9.47 Å². The molecule has 0 amide bonds. The monoisotopic (exact) mass is 367 g/mol. The predicted molar refractivity (Wildman–Crippen MR) is 108 cm³/mol. The van der Waals surface area contributed by atoms with E-state index in [0.29, 0.717) is 17.9 Å². The number of hydrogen-bond acceptors (Lipinski definition) is 4. The second-order valence-electron chi connectivity index (χ2n) is 7.58. The predicted octanol–water partition coefficient (Wildman–Crippen LogP) is 4.74. The number of allylic oxidation sites excluding steroid dienone is 1. The fourth-order valence-corrected chi connectivity index (χ4v) is 2.91. The molecule has 27 heavy (non-hydrogen) atoms. The summed E-state index contributed by atoms with van der Waals surface area (Å²) in [5.41, 5.74) is 5.25. The number of nitrogens with zero attached hydrogens (tertiary/aromatic N) is 3. The zero-order valence-corrected chi connectivity index (χ0v) is 17.4. The molecule has 5 nitrogen and oxygen atoms in total. The van der Waals surface area contributed by atoms with Crippen LogP contribution in [-0.2, 0) is 21.9 Å². The quantitative estimate of drug-likeness (QED) is 0.320. The second kappa shape index (κ2) is 8.41. The summed E-state index contributed by atoms with van der Waals surface area (Å²) in [7, 11) is 1.86. The van der Waals surface area contributed by atoms with Gasteiger partial charge in [0.15, 0.2) is 12.6 Å². The molecular weight excluding hydrogens is 338 g/mol. The lowest BCUT2D eigenvalue weighted by atomic mass is 9.86. The highest BCUT2D eigenvalue weighted by Gasteiger charge is 2.21. The first-order valence-electron chi connectivity index (χ1n) is 9.17. The maximum Gasteiger partial charge on any atom is 0.189 e. The van der Waals surface area contributed by atoms with Crippen LogP contribution in [0, 0.1) is 25.2 Å². The number of benzene rings is 1. The van der Waals surface area contributed by atoms with E-state index in [2.05, 4.69) is 44.1 Å². The summed E-state index contributed by atoms with van der Waals surface area (Å²) < 4.78 is 13.1. The van der Waals surface area contributed by atoms with E-state index in [1.165, 1.54) is 5.56 Å². The average Bonchev–Trinajstić information content (AvgIpc) is 2.86. The van der Waals surface area contributed by atoms with Crippen LogP contribution >= 0.6 is 0 Å². The molecule has 0 bridgehead atoms. The van der Waals surface area contributed by atoms with Crippen molar-refractivity contribution in [3.63, 3.8) is 0 Å². The third-order valence-electron chi connectivity index (χ3n) is 4.61. The van der Waals surface area contributed by atoms with Crippen LogP contribution in [0.25, 0.3) is 11.3 Å². The van der Waals surface area contributed by atoms with E-state index in [4.69, 9.17) is 9.47 Å². The Balaban J connectivity index is 2.61. The van der Waals surface area contributed by atoms with Gasteiger partial charge < -0.3 is 9.47 Å². The maximum absolute atomic E-state index is 9.93. The SMILES string of the molecule is CCOCOC(=C(C#N)c1ccc(C(C)(C)C)cc1)c1c(C)c(C)nn1C. The van der Waals surface area contributed by atoms with Crippen molar-refractivity contribution in [1.82, 2.24) is 9.78 Å². The van der Waals surface area contributed by atoms with Gasteiger partial charge in [-0.05, 0) is 37.3 Å². The Kier molecular flexibility index (Phi) is 6.45. The Labute approximate surface area is 162 Å². The minimum Gasteiger partial charge on any atom is -0.464 e. The molecule has 0 aliphatic carbocycles. The van der Waals surface area contributed by atoms with E-state index < -0.39 is 0 Å². The van der Waals surface area contributed by atoms with Crippen molar-refractivity contribution in [2.45, 2.75) is 47.0 Å². The molecule has 2 rings (SSSR count). The first kappa shape index (κ1) is 20.7. The fraction of sp³-hybridized carbons (Fsp3) is 0.455. The molecule has 5 heteroatoms. The van der Waals surface area contributed by atoms with Gasteiger partial charge in [-0.1, -0.05) is 45.0 Å². The van der Waals surface area contributed by atoms with Crippen LogP contribution in [0.2, 0.25) is 0 Å². The van der Waals surface area contributed by atoms with Crippen LogP contribution in [0.4, 0.5) is 0 Å². The van der Waals surface area contributed by atoms with Crippen molar-refractivity contribution in [1.29, 1.82) is 5.26 Å². The van der Waals surface area contributed by atoms with Gasteiger partial charge in [0, 0.05) is 19.2 Å². The lowest BCUT2D eigenvalue weighted by molar-refractivity contribution is 0.00514. The molecule has 0 unspecified atom stereocenters. The molecule has 0 atom stereocenters. The van der Waals surface area contributed by atoms with Crippen molar-refractivity contribution in [3.05, 3.63) is 52.3 Å². The molecule has 0 spiro atoms. The first-order valence-corrected chi connectivity index (χ1v) is 9.17. The smallest absolute Gasteiger partial charge is 0.189 e. The van der Waals surface area contributed by atoms with Crippen molar-refractivity contribution in [2.24, 2.45) is 7.05 Å². The van der Waals surface area contributed by atoms with Crippen LogP contribution in [0.1, 0.15) is 55.8 Å². The van der Waals surface area contributed by atoms with E-state index >= 15 is 0 Å². The molecule has 1 heterocycles. The minimum atomic E-state index is 0.0546. The van der Waals surface area contributed by atoms with Gasteiger partial charge >= 0.3 is 0 Å². The van der Waals surface area contributed by atoms with E-state index in [9.17, 15) is 5.26 Å². The van der Waals surface area contributed by atoms with E-state index in [1.54, 1.807) is 4.68 Å². The van der Waals surface area contributed by atoms with Crippen molar-refractivity contribution in [3.8, 4) is 6.07 Å². The zero-order valence-electron chi connectivity index (χ0n) is 17.4. The summed E-state index contributed by atoms with van der Waals surface area (Å²) in [5, 5.41) is 14.4. The number of rotatable bonds is 6. The largest absolute Gasteiger partial charge is 0.464 e. The second-order valence-corrected chi connectivity index (χ2v) is 7.58. The van der Waals surface area contributed by atoms with E-state index in [1.807, 2.05) is 40.0 Å². The first-order chi connectivity index (χ1) is 12.7. The fourth-order valence-electron chi connectivity index (χ4n) is 2.91. The summed E-state index contributed by atoms with van der Waals surface area (Å²) >= 11 is 0. The Morgan fingerprint density at radius 3 is 2.26 bits per heavy atom. The summed E-state index contributed by atoms with van der Waals surface area (Å²) in [6, 6.07) is 10.4. The topological polar surface area (TPSA) is 60.1 Å². The standard InChI is InChI=1S/C22H29N3O2/c1-8-26-14-27-21(20-15(2)16(3)24-25(20)7)19(13-23)17-9-11-18(12-10-17)22(4,5)6/h9-12H,8,14H2,1-7H3. The van der Waals surface area contributed by atoms with Gasteiger partial charge in [-0.3, -0.25) is 4.68 Å². The molecule has 0 fully saturated rings. The lowest BCUT2D eigenvalue weighted by Crippen LogP contribution is -2.11. The van der Waals surface area contributed by atoms with Crippen LogP contribution in [0.3, 0.4) is 0 Å². The summed E-state index contributed by atoms with van der Waals surface area (Å²) in [6.07, 6.45) is 0. The molecule has 1 aromatic carbocycles. The Hall–Kier alpha value is -2.58. The number of ether oxygens (including phenoxy) is 2. The van der Waals surface area contributed by atoms with Gasteiger partial charge in [-0.15, -0.1) is 0 Å². The Morgan fingerprint density at radius 1 is 1.19 bits per heavy atom. The van der Waals surface area contributed by atoms with Gasteiger partial charge in [0.25, 0.3) is 0 Å². The summed E-state index contributed by atoms with van der Waals surface area (Å²) in [5.74, 6) is 0.495. The molecule has 0 saturated carbocycles. The molecule has 2 aromatic rings. The van der Waals surface area contributed by atoms with Crippen molar-refractivity contribution >= 4 is 11.3 Å². The van der Waals surface area contributed by atoms with Crippen LogP contribution in [0.15, 0.2) is 24.3 Å². The average molecular weight is 367 g/mol. The normalized spacial score (nSPS) is 12.5. The molecule has 0 saturated heterocycles. The van der Waals surface area contributed by atoms with Gasteiger partial charge in [0.2, 0.25) is 0 Å². The highest BCUT2D eigenvalue weighted by Crippen LogP contribution is 2.31. The molecule has 0 N–H and O–H groups in total. The maximum atomic E-state index is 9.93. The van der Waals surface area contributed by atoms with E-state index in [-0.39, 0.29) is 12.2 Å². The summed E-state index contributed by atoms with van der Waals surface area (Å²) in [6.45, 7) is 13.0. The molecule has 0 aliphatic heterocycles. The number of nitriles is 1. The van der Waals surface area contributed by atoms with Gasteiger partial charge in [0.1, 0.15) is 17.3 Å². The van der Waals surface area contributed by atoms with Gasteiger partial charge in [0.05, 0.1) is 5.69 Å². The molecule has 1 aromatic heterocycles. The third kappa shape index (κ3) is 4.58. The van der Waals surface area contributed by atoms with Crippen molar-refractivity contribution in [2.75, 3.05) is 13.4 Å².